The molecule has 2 aliphatic carbocycles. The molecule has 3 heteroatoms. The molecule has 29 heavy (non-hydrogen) atoms. The van der Waals surface area contributed by atoms with E-state index in [9.17, 15) is 14.3 Å². The summed E-state index contributed by atoms with van der Waals surface area (Å²) in [5.41, 5.74) is 1.33. The molecule has 0 bridgehead atoms. The summed E-state index contributed by atoms with van der Waals surface area (Å²) in [6.45, 7) is 4.34. The van der Waals surface area contributed by atoms with Gasteiger partial charge in [0.05, 0.1) is 5.92 Å². The van der Waals surface area contributed by atoms with Crippen molar-refractivity contribution >= 4 is 5.97 Å². The molecule has 2 saturated carbocycles. The molecule has 0 amide bonds. The average molecular weight is 403 g/mol. The van der Waals surface area contributed by atoms with Gasteiger partial charge in [0.25, 0.3) is 0 Å². The normalized spacial score (nSPS) is 28.8. The first kappa shape index (κ1) is 22.3. The molecule has 0 aromatic heterocycles. The molecule has 1 aromatic rings. The molecule has 3 rings (SSSR count). The predicted molar refractivity (Wildman–Crippen MR) is 117 cm³/mol. The second-order valence-corrected chi connectivity index (χ2v) is 9.70. The molecule has 0 spiro atoms. The van der Waals surface area contributed by atoms with E-state index in [2.05, 4.69) is 6.92 Å². The SMILES string of the molecule is CCCc1ccc(C(CC2CCC(C3CCC(CC)CC3)CC2)C(=O)O)cc1F. The van der Waals surface area contributed by atoms with Crippen molar-refractivity contribution in [3.8, 4) is 0 Å². The van der Waals surface area contributed by atoms with E-state index in [-0.39, 0.29) is 5.82 Å². The largest absolute Gasteiger partial charge is 0.481 e. The molecule has 0 radical (unpaired) electrons. The van der Waals surface area contributed by atoms with Crippen LogP contribution in [0.15, 0.2) is 18.2 Å². The molecule has 0 saturated heterocycles. The average Bonchev–Trinajstić information content (AvgIpc) is 2.74. The van der Waals surface area contributed by atoms with Gasteiger partial charge in [0.2, 0.25) is 0 Å². The summed E-state index contributed by atoms with van der Waals surface area (Å²) in [6.07, 6.45) is 14.0. The summed E-state index contributed by atoms with van der Waals surface area (Å²) in [6, 6.07) is 5.10. The van der Waals surface area contributed by atoms with E-state index >= 15 is 0 Å². The third-order valence-electron chi connectivity index (χ3n) is 7.89. The van der Waals surface area contributed by atoms with Gasteiger partial charge in [-0.15, -0.1) is 0 Å². The Kier molecular flexibility index (Phi) is 8.15. The van der Waals surface area contributed by atoms with Crippen LogP contribution in [-0.2, 0) is 11.2 Å². The van der Waals surface area contributed by atoms with Crippen LogP contribution in [0.3, 0.4) is 0 Å². The van der Waals surface area contributed by atoms with Gasteiger partial charge >= 0.3 is 5.97 Å². The smallest absolute Gasteiger partial charge is 0.310 e. The Balaban J connectivity index is 1.55. The van der Waals surface area contributed by atoms with Crippen LogP contribution < -0.4 is 0 Å². The zero-order valence-electron chi connectivity index (χ0n) is 18.3. The lowest BCUT2D eigenvalue weighted by atomic mass is 9.68. The predicted octanol–water partition coefficient (Wildman–Crippen LogP) is 7.36. The highest BCUT2D eigenvalue weighted by atomic mass is 19.1. The summed E-state index contributed by atoms with van der Waals surface area (Å²) < 4.78 is 14.4. The van der Waals surface area contributed by atoms with E-state index in [4.69, 9.17) is 0 Å². The monoisotopic (exact) mass is 402 g/mol. The zero-order valence-corrected chi connectivity index (χ0v) is 18.3. The van der Waals surface area contributed by atoms with Crippen molar-refractivity contribution in [2.45, 2.75) is 96.8 Å². The summed E-state index contributed by atoms with van der Waals surface area (Å²) in [5.74, 6) is 1.50. The quantitative estimate of drug-likeness (QED) is 0.493. The van der Waals surface area contributed by atoms with Crippen LogP contribution in [0.25, 0.3) is 0 Å². The minimum Gasteiger partial charge on any atom is -0.481 e. The third-order valence-corrected chi connectivity index (χ3v) is 7.89. The molecule has 2 fully saturated rings. The number of carbonyl (C=O) groups is 1. The van der Waals surface area contributed by atoms with E-state index in [0.29, 0.717) is 29.9 Å². The first-order chi connectivity index (χ1) is 14.0. The molecular weight excluding hydrogens is 363 g/mol. The molecule has 1 aromatic carbocycles. The van der Waals surface area contributed by atoms with E-state index < -0.39 is 11.9 Å². The van der Waals surface area contributed by atoms with Crippen LogP contribution in [0.5, 0.6) is 0 Å². The Bertz CT molecular complexity index is 655. The van der Waals surface area contributed by atoms with Gasteiger partial charge < -0.3 is 5.11 Å². The minimum atomic E-state index is -0.812. The second kappa shape index (κ2) is 10.6. The third kappa shape index (κ3) is 5.83. The first-order valence-electron chi connectivity index (χ1n) is 12.0. The Morgan fingerprint density at radius 2 is 1.59 bits per heavy atom. The van der Waals surface area contributed by atoms with Gasteiger partial charge in [-0.3, -0.25) is 4.79 Å². The fourth-order valence-corrected chi connectivity index (χ4v) is 5.93. The van der Waals surface area contributed by atoms with Gasteiger partial charge in [-0.2, -0.15) is 0 Å². The van der Waals surface area contributed by atoms with Gasteiger partial charge in [-0.1, -0.05) is 64.5 Å². The van der Waals surface area contributed by atoms with Gasteiger partial charge in [0, 0.05) is 0 Å². The van der Waals surface area contributed by atoms with Gasteiger partial charge in [-0.05, 0) is 79.4 Å². The number of hydrogen-bond donors (Lipinski definition) is 1. The summed E-state index contributed by atoms with van der Waals surface area (Å²) in [4.78, 5) is 11.9. The van der Waals surface area contributed by atoms with Crippen molar-refractivity contribution in [2.24, 2.45) is 23.7 Å². The second-order valence-electron chi connectivity index (χ2n) is 9.70. The fourth-order valence-electron chi connectivity index (χ4n) is 5.93. The maximum absolute atomic E-state index is 14.4. The number of rotatable bonds is 8. The maximum atomic E-state index is 14.4. The van der Waals surface area contributed by atoms with Gasteiger partial charge in [0.15, 0.2) is 0 Å². The highest BCUT2D eigenvalue weighted by Crippen LogP contribution is 2.43. The van der Waals surface area contributed by atoms with Crippen LogP contribution in [-0.4, -0.2) is 11.1 Å². The topological polar surface area (TPSA) is 37.3 Å². The van der Waals surface area contributed by atoms with E-state index in [1.807, 2.05) is 13.0 Å². The standard InChI is InChI=1S/C26H39FO2/c1-3-5-22-14-15-23(17-25(22)27)24(26(28)29)16-19-8-12-21(13-9-19)20-10-6-18(4-2)7-11-20/h14-15,17-21,24H,3-13,16H2,1-2H3,(H,28,29). The van der Waals surface area contributed by atoms with Crippen LogP contribution in [0.2, 0.25) is 0 Å². The number of carboxylic acid groups (broad SMARTS) is 1. The number of halogens is 1. The Morgan fingerprint density at radius 1 is 1.00 bits per heavy atom. The van der Waals surface area contributed by atoms with E-state index in [1.165, 1.54) is 51.0 Å². The van der Waals surface area contributed by atoms with E-state index in [1.54, 1.807) is 6.07 Å². The number of benzene rings is 1. The first-order valence-corrected chi connectivity index (χ1v) is 12.0. The van der Waals surface area contributed by atoms with Gasteiger partial charge in [-0.25, -0.2) is 4.39 Å². The van der Waals surface area contributed by atoms with Crippen LogP contribution in [0.1, 0.15) is 102 Å². The molecule has 2 aliphatic rings. The van der Waals surface area contributed by atoms with Crippen LogP contribution in [0, 0.1) is 29.5 Å². The fraction of sp³-hybridized carbons (Fsp3) is 0.731. The summed E-state index contributed by atoms with van der Waals surface area (Å²) in [7, 11) is 0. The Hall–Kier alpha value is -1.38. The molecule has 2 nitrogen and oxygen atoms in total. The molecule has 0 heterocycles. The Morgan fingerprint density at radius 3 is 2.07 bits per heavy atom. The highest BCUT2D eigenvalue weighted by Gasteiger charge is 2.32. The van der Waals surface area contributed by atoms with Crippen molar-refractivity contribution in [3.63, 3.8) is 0 Å². The lowest BCUT2D eigenvalue weighted by molar-refractivity contribution is -0.139. The van der Waals surface area contributed by atoms with Crippen molar-refractivity contribution in [1.29, 1.82) is 0 Å². The zero-order chi connectivity index (χ0) is 20.8. The van der Waals surface area contributed by atoms with Crippen molar-refractivity contribution < 1.29 is 14.3 Å². The van der Waals surface area contributed by atoms with Crippen LogP contribution in [0.4, 0.5) is 4.39 Å². The van der Waals surface area contributed by atoms with Crippen molar-refractivity contribution in [3.05, 3.63) is 35.1 Å². The number of aliphatic carboxylic acids is 1. The molecule has 1 unspecified atom stereocenters. The van der Waals surface area contributed by atoms with Crippen molar-refractivity contribution in [1.82, 2.24) is 0 Å². The maximum Gasteiger partial charge on any atom is 0.310 e. The molecule has 162 valence electrons. The molecule has 1 atom stereocenters. The van der Waals surface area contributed by atoms with Gasteiger partial charge in [0.1, 0.15) is 5.82 Å². The van der Waals surface area contributed by atoms with E-state index in [0.717, 1.165) is 37.0 Å². The molecule has 0 aliphatic heterocycles. The van der Waals surface area contributed by atoms with Crippen molar-refractivity contribution in [2.75, 3.05) is 0 Å². The summed E-state index contributed by atoms with van der Waals surface area (Å²) >= 11 is 0. The minimum absolute atomic E-state index is 0.248. The van der Waals surface area contributed by atoms with Crippen LogP contribution >= 0.6 is 0 Å². The lowest BCUT2D eigenvalue weighted by Gasteiger charge is -2.38. The summed E-state index contributed by atoms with van der Waals surface area (Å²) in [5, 5.41) is 9.80. The molecule has 1 N–H and O–H groups in total. The Labute approximate surface area is 176 Å². The highest BCUT2D eigenvalue weighted by molar-refractivity contribution is 5.76. The number of aryl methyl sites for hydroxylation is 1. The molecular formula is C26H39FO2. The lowest BCUT2D eigenvalue weighted by Crippen LogP contribution is -2.27. The number of hydrogen-bond acceptors (Lipinski definition) is 1. The number of carboxylic acids is 1.